The summed E-state index contributed by atoms with van der Waals surface area (Å²) in [5.41, 5.74) is 1.37. The number of carbonyl (C=O) groups excluding carboxylic acids is 1. The normalized spacial score (nSPS) is 11.9. The maximum atomic E-state index is 12.4. The Balaban J connectivity index is 2.06. The van der Waals surface area contributed by atoms with Gasteiger partial charge in [0.25, 0.3) is 0 Å². The first-order valence-corrected chi connectivity index (χ1v) is 9.96. The number of hydrogen-bond donors (Lipinski definition) is 3. The Morgan fingerprint density at radius 3 is 2.34 bits per heavy atom. The van der Waals surface area contributed by atoms with Crippen molar-refractivity contribution < 1.29 is 14.3 Å². The minimum atomic E-state index is -1.85. The van der Waals surface area contributed by atoms with Crippen LogP contribution in [0.4, 0.5) is 5.69 Å². The van der Waals surface area contributed by atoms with Gasteiger partial charge in [-0.15, -0.1) is 0 Å². The second-order valence-corrected chi connectivity index (χ2v) is 8.65. The van der Waals surface area contributed by atoms with Crippen molar-refractivity contribution in [3.8, 4) is 11.5 Å². The SMILES string of the molecule is COc1ccc(OC)c(NC(=S)NC(NC(=O)Cc2ccccc2)C(Cl)(Cl)Cl)c1. The highest BCUT2D eigenvalue weighted by Crippen LogP contribution is 2.31. The zero-order valence-corrected chi connectivity index (χ0v) is 18.8. The molecular formula is C19H20Cl3N3O3S. The van der Waals surface area contributed by atoms with Crippen LogP contribution in [0.2, 0.25) is 0 Å². The Labute approximate surface area is 189 Å². The number of ether oxygens (including phenoxy) is 2. The number of nitrogens with one attached hydrogen (secondary N) is 3. The minimum Gasteiger partial charge on any atom is -0.497 e. The third-order valence-corrected chi connectivity index (χ3v) is 4.65. The number of hydrogen-bond acceptors (Lipinski definition) is 4. The summed E-state index contributed by atoms with van der Waals surface area (Å²) in [6, 6.07) is 14.4. The number of methoxy groups -OCH3 is 2. The van der Waals surface area contributed by atoms with Crippen molar-refractivity contribution >= 4 is 63.7 Å². The Kier molecular flexibility index (Phi) is 8.64. The van der Waals surface area contributed by atoms with E-state index in [2.05, 4.69) is 16.0 Å². The summed E-state index contributed by atoms with van der Waals surface area (Å²) in [6.07, 6.45) is -0.941. The van der Waals surface area contributed by atoms with E-state index in [9.17, 15) is 4.79 Å². The molecule has 0 saturated carbocycles. The molecule has 6 nitrogen and oxygen atoms in total. The standard InChI is InChI=1S/C19H20Cl3N3O3S/c1-27-13-8-9-15(28-2)14(11-13)23-18(29)25-17(19(20,21)22)24-16(26)10-12-6-4-3-5-7-12/h3-9,11,17H,10H2,1-2H3,(H,24,26)(H2,23,25,29). The number of anilines is 1. The summed E-state index contributed by atoms with van der Waals surface area (Å²) >= 11 is 23.4. The molecule has 0 fully saturated rings. The summed E-state index contributed by atoms with van der Waals surface area (Å²) < 4.78 is 8.65. The highest BCUT2D eigenvalue weighted by atomic mass is 35.6. The largest absolute Gasteiger partial charge is 0.497 e. The quantitative estimate of drug-likeness (QED) is 0.318. The molecule has 1 amide bonds. The first kappa shape index (κ1) is 23.3. The second-order valence-electron chi connectivity index (χ2n) is 5.87. The van der Waals surface area contributed by atoms with E-state index in [1.54, 1.807) is 25.3 Å². The summed E-state index contributed by atoms with van der Waals surface area (Å²) in [7, 11) is 3.07. The molecule has 0 saturated heterocycles. The summed E-state index contributed by atoms with van der Waals surface area (Å²) in [4.78, 5) is 12.4. The van der Waals surface area contributed by atoms with Gasteiger partial charge in [-0.1, -0.05) is 65.1 Å². The fourth-order valence-electron chi connectivity index (χ4n) is 2.39. The Morgan fingerprint density at radius 2 is 1.76 bits per heavy atom. The van der Waals surface area contributed by atoms with Crippen LogP contribution in [0, 0.1) is 0 Å². The van der Waals surface area contributed by atoms with Crippen LogP contribution in [0.5, 0.6) is 11.5 Å². The first-order chi connectivity index (χ1) is 13.7. The Morgan fingerprint density at radius 1 is 1.07 bits per heavy atom. The van der Waals surface area contributed by atoms with E-state index < -0.39 is 9.96 Å². The maximum absolute atomic E-state index is 12.4. The van der Waals surface area contributed by atoms with Gasteiger partial charge < -0.3 is 25.4 Å². The van der Waals surface area contributed by atoms with Crippen molar-refractivity contribution in [3.63, 3.8) is 0 Å². The van der Waals surface area contributed by atoms with Crippen LogP contribution >= 0.6 is 47.0 Å². The third-order valence-electron chi connectivity index (χ3n) is 3.77. The van der Waals surface area contributed by atoms with Gasteiger partial charge in [0.1, 0.15) is 17.7 Å². The maximum Gasteiger partial charge on any atom is 0.228 e. The lowest BCUT2D eigenvalue weighted by Gasteiger charge is -2.28. The molecule has 1 unspecified atom stereocenters. The van der Waals surface area contributed by atoms with Crippen LogP contribution in [-0.4, -0.2) is 35.2 Å². The van der Waals surface area contributed by atoms with Crippen LogP contribution in [0.3, 0.4) is 0 Å². The molecular weight excluding hydrogens is 457 g/mol. The Hall–Kier alpha value is -1.93. The molecule has 3 N–H and O–H groups in total. The zero-order chi connectivity index (χ0) is 21.4. The highest BCUT2D eigenvalue weighted by Gasteiger charge is 2.34. The highest BCUT2D eigenvalue weighted by molar-refractivity contribution is 7.80. The zero-order valence-electron chi connectivity index (χ0n) is 15.7. The lowest BCUT2D eigenvalue weighted by Crippen LogP contribution is -2.56. The molecule has 29 heavy (non-hydrogen) atoms. The van der Waals surface area contributed by atoms with Crippen LogP contribution in [0.1, 0.15) is 5.56 Å². The van der Waals surface area contributed by atoms with Gasteiger partial charge in [-0.3, -0.25) is 4.79 Å². The second kappa shape index (κ2) is 10.7. The molecule has 10 heteroatoms. The molecule has 0 spiro atoms. The van der Waals surface area contributed by atoms with E-state index in [1.165, 1.54) is 7.11 Å². The van der Waals surface area contributed by atoms with Gasteiger partial charge in [0.15, 0.2) is 5.11 Å². The summed E-state index contributed by atoms with van der Waals surface area (Å²) in [6.45, 7) is 0. The summed E-state index contributed by atoms with van der Waals surface area (Å²) in [5, 5.41) is 8.52. The van der Waals surface area contributed by atoms with Crippen molar-refractivity contribution in [2.45, 2.75) is 16.4 Å². The van der Waals surface area contributed by atoms with Gasteiger partial charge in [-0.05, 0) is 29.9 Å². The molecule has 0 aliphatic heterocycles. The van der Waals surface area contributed by atoms with Crippen molar-refractivity contribution in [1.29, 1.82) is 0 Å². The lowest BCUT2D eigenvalue weighted by molar-refractivity contribution is -0.121. The van der Waals surface area contributed by atoms with Gasteiger partial charge in [0, 0.05) is 6.07 Å². The van der Waals surface area contributed by atoms with E-state index >= 15 is 0 Å². The molecule has 0 aliphatic rings. The van der Waals surface area contributed by atoms with E-state index in [0.29, 0.717) is 17.2 Å². The van der Waals surface area contributed by atoms with Gasteiger partial charge in [0.05, 0.1) is 26.3 Å². The molecule has 2 aromatic rings. The molecule has 0 aliphatic carbocycles. The monoisotopic (exact) mass is 475 g/mol. The fourth-order valence-corrected chi connectivity index (χ4v) is 2.95. The van der Waals surface area contributed by atoms with E-state index in [0.717, 1.165) is 5.56 Å². The molecule has 1 atom stereocenters. The van der Waals surface area contributed by atoms with E-state index in [4.69, 9.17) is 56.5 Å². The van der Waals surface area contributed by atoms with Crippen LogP contribution in [0.25, 0.3) is 0 Å². The Bertz CT molecular complexity index is 848. The lowest BCUT2D eigenvalue weighted by atomic mass is 10.1. The minimum absolute atomic E-state index is 0.118. The molecule has 0 aromatic heterocycles. The number of amides is 1. The van der Waals surface area contributed by atoms with Gasteiger partial charge in [-0.25, -0.2) is 0 Å². The average molecular weight is 477 g/mol. The molecule has 156 valence electrons. The van der Waals surface area contributed by atoms with E-state index in [1.807, 2.05) is 30.3 Å². The summed E-state index contributed by atoms with van der Waals surface area (Å²) in [5.74, 6) is 0.806. The predicted octanol–water partition coefficient (Wildman–Crippen LogP) is 4.05. The van der Waals surface area contributed by atoms with Crippen LogP contribution in [0.15, 0.2) is 48.5 Å². The van der Waals surface area contributed by atoms with Crippen LogP contribution in [-0.2, 0) is 11.2 Å². The number of carbonyl (C=O) groups is 1. The molecule has 0 heterocycles. The molecule has 2 rings (SSSR count). The van der Waals surface area contributed by atoms with E-state index in [-0.39, 0.29) is 17.4 Å². The van der Waals surface area contributed by atoms with Gasteiger partial charge in [-0.2, -0.15) is 0 Å². The van der Waals surface area contributed by atoms with Crippen LogP contribution < -0.4 is 25.4 Å². The fraction of sp³-hybridized carbons (Fsp3) is 0.263. The van der Waals surface area contributed by atoms with Gasteiger partial charge in [0.2, 0.25) is 9.70 Å². The van der Waals surface area contributed by atoms with Crippen molar-refractivity contribution in [2.75, 3.05) is 19.5 Å². The van der Waals surface area contributed by atoms with Gasteiger partial charge >= 0.3 is 0 Å². The number of alkyl halides is 3. The topological polar surface area (TPSA) is 71.6 Å². The number of thiocarbonyl (C=S) groups is 1. The smallest absolute Gasteiger partial charge is 0.228 e. The average Bonchev–Trinajstić information content (AvgIpc) is 2.67. The predicted molar refractivity (Wildman–Crippen MR) is 121 cm³/mol. The third kappa shape index (κ3) is 7.44. The first-order valence-electron chi connectivity index (χ1n) is 8.42. The van der Waals surface area contributed by atoms with Crippen molar-refractivity contribution in [1.82, 2.24) is 10.6 Å². The number of halogens is 3. The van der Waals surface area contributed by atoms with Crippen molar-refractivity contribution in [3.05, 3.63) is 54.1 Å². The number of rotatable bonds is 7. The van der Waals surface area contributed by atoms with Crippen molar-refractivity contribution in [2.24, 2.45) is 0 Å². The number of benzene rings is 2. The molecule has 0 bridgehead atoms. The molecule has 0 radical (unpaired) electrons. The molecule has 2 aromatic carbocycles.